The Kier molecular flexibility index (Phi) is 7.80. The summed E-state index contributed by atoms with van der Waals surface area (Å²) in [6.45, 7) is 0.741. The van der Waals surface area contributed by atoms with Gasteiger partial charge in [-0.1, -0.05) is 75.1 Å². The lowest BCUT2D eigenvalue weighted by atomic mass is 9.77. The molecule has 1 aliphatic carbocycles. The summed E-state index contributed by atoms with van der Waals surface area (Å²) in [4.78, 5) is 0. The van der Waals surface area contributed by atoms with Crippen molar-refractivity contribution >= 4 is 10.8 Å². The first-order valence-electron chi connectivity index (χ1n) is 12.4. The summed E-state index contributed by atoms with van der Waals surface area (Å²) >= 11 is 0. The van der Waals surface area contributed by atoms with Crippen LogP contribution in [0.15, 0.2) is 54.6 Å². The van der Waals surface area contributed by atoms with E-state index in [0.29, 0.717) is 11.3 Å². The number of hydrogen-bond donors (Lipinski definition) is 0. The topological polar surface area (TPSA) is 9.23 Å². The van der Waals surface area contributed by atoms with Crippen LogP contribution in [-0.4, -0.2) is 12.8 Å². The number of hydrogen-bond acceptors (Lipinski definition) is 1. The zero-order valence-electron chi connectivity index (χ0n) is 19.6. The lowest BCUT2D eigenvalue weighted by Gasteiger charge is -2.29. The molecule has 0 spiro atoms. The van der Waals surface area contributed by atoms with Crippen LogP contribution in [0.25, 0.3) is 21.9 Å². The van der Waals surface area contributed by atoms with Crippen LogP contribution in [0.3, 0.4) is 0 Å². The Morgan fingerprint density at radius 3 is 2.24 bits per heavy atom. The highest BCUT2D eigenvalue weighted by atomic mass is 19.4. The van der Waals surface area contributed by atoms with E-state index < -0.39 is 18.6 Å². The van der Waals surface area contributed by atoms with E-state index >= 15 is 0 Å². The second-order valence-electron chi connectivity index (χ2n) is 9.55. The predicted molar refractivity (Wildman–Crippen MR) is 130 cm³/mol. The molecule has 0 unspecified atom stereocenters. The van der Waals surface area contributed by atoms with Crippen LogP contribution >= 0.6 is 0 Å². The molecule has 182 valence electrons. The minimum Gasteiger partial charge on any atom is -0.481 e. The van der Waals surface area contributed by atoms with Gasteiger partial charge in [-0.2, -0.15) is 13.2 Å². The lowest BCUT2D eigenvalue weighted by Crippen LogP contribution is -2.19. The average Bonchev–Trinajstić information content (AvgIpc) is 2.84. The zero-order chi connectivity index (χ0) is 24.1. The Balaban J connectivity index is 1.42. The van der Waals surface area contributed by atoms with Gasteiger partial charge in [-0.05, 0) is 71.7 Å². The Morgan fingerprint density at radius 2 is 1.56 bits per heavy atom. The zero-order valence-corrected chi connectivity index (χ0v) is 19.6. The van der Waals surface area contributed by atoms with Gasteiger partial charge in [-0.25, -0.2) is 4.39 Å². The van der Waals surface area contributed by atoms with Crippen LogP contribution in [0.4, 0.5) is 17.6 Å². The van der Waals surface area contributed by atoms with Crippen molar-refractivity contribution in [3.63, 3.8) is 0 Å². The SMILES string of the molecule is CCCCCC1CCC(c2ccc(-c3ccc4c(F)c(OCC(F)(F)F)ccc4c3)cc2)CC1. The van der Waals surface area contributed by atoms with Gasteiger partial charge in [-0.3, -0.25) is 0 Å². The number of alkyl halides is 3. The highest BCUT2D eigenvalue weighted by molar-refractivity contribution is 5.89. The number of fused-ring (bicyclic) bond motifs is 1. The van der Waals surface area contributed by atoms with Gasteiger partial charge < -0.3 is 4.74 Å². The molecule has 0 N–H and O–H groups in total. The summed E-state index contributed by atoms with van der Waals surface area (Å²) in [5, 5.41) is 0.871. The molecule has 0 atom stereocenters. The van der Waals surface area contributed by atoms with Crippen LogP contribution in [0.5, 0.6) is 5.75 Å². The minimum atomic E-state index is -4.51. The molecule has 0 heterocycles. The summed E-state index contributed by atoms with van der Waals surface area (Å²) in [6, 6.07) is 16.8. The highest BCUT2D eigenvalue weighted by Gasteiger charge is 2.29. The first kappa shape index (κ1) is 24.6. The molecule has 5 heteroatoms. The monoisotopic (exact) mass is 472 g/mol. The summed E-state index contributed by atoms with van der Waals surface area (Å²) in [5.41, 5.74) is 3.37. The predicted octanol–water partition coefficient (Wildman–Crippen LogP) is 9.44. The Labute approximate surface area is 199 Å². The molecule has 1 fully saturated rings. The van der Waals surface area contributed by atoms with Gasteiger partial charge >= 0.3 is 6.18 Å². The molecule has 3 aromatic carbocycles. The molecular formula is C29H32F4O. The van der Waals surface area contributed by atoms with E-state index in [-0.39, 0.29) is 11.1 Å². The van der Waals surface area contributed by atoms with Crippen LogP contribution in [-0.2, 0) is 0 Å². The van der Waals surface area contributed by atoms with Crippen molar-refractivity contribution < 1.29 is 22.3 Å². The van der Waals surface area contributed by atoms with Crippen LogP contribution in [0, 0.1) is 11.7 Å². The van der Waals surface area contributed by atoms with Crippen molar-refractivity contribution in [2.24, 2.45) is 5.92 Å². The number of halogens is 4. The van der Waals surface area contributed by atoms with Gasteiger partial charge in [0.25, 0.3) is 0 Å². The van der Waals surface area contributed by atoms with E-state index in [2.05, 4.69) is 35.9 Å². The molecule has 0 amide bonds. The third kappa shape index (κ3) is 6.11. The number of rotatable bonds is 8. The van der Waals surface area contributed by atoms with Crippen molar-refractivity contribution in [2.45, 2.75) is 70.4 Å². The van der Waals surface area contributed by atoms with E-state index in [1.165, 1.54) is 63.0 Å². The second-order valence-corrected chi connectivity index (χ2v) is 9.55. The summed E-state index contributed by atoms with van der Waals surface area (Å²) in [5.74, 6) is 0.354. The van der Waals surface area contributed by atoms with Crippen molar-refractivity contribution in [1.29, 1.82) is 0 Å². The van der Waals surface area contributed by atoms with E-state index in [1.807, 2.05) is 6.07 Å². The number of ether oxygens (including phenoxy) is 1. The first-order chi connectivity index (χ1) is 16.3. The van der Waals surface area contributed by atoms with Crippen molar-refractivity contribution in [3.05, 3.63) is 66.0 Å². The minimum absolute atomic E-state index is 0.246. The van der Waals surface area contributed by atoms with E-state index in [0.717, 1.165) is 17.0 Å². The Bertz CT molecular complexity index is 1080. The molecular weight excluding hydrogens is 440 g/mol. The molecule has 0 aliphatic heterocycles. The molecule has 0 aromatic heterocycles. The van der Waals surface area contributed by atoms with Gasteiger partial charge in [0.05, 0.1) is 0 Å². The van der Waals surface area contributed by atoms with Crippen LogP contribution in [0.1, 0.15) is 69.8 Å². The molecule has 1 saturated carbocycles. The average molecular weight is 473 g/mol. The van der Waals surface area contributed by atoms with Gasteiger partial charge in [-0.15, -0.1) is 0 Å². The largest absolute Gasteiger partial charge is 0.481 e. The van der Waals surface area contributed by atoms with Gasteiger partial charge in [0.1, 0.15) is 0 Å². The van der Waals surface area contributed by atoms with Gasteiger partial charge in [0.2, 0.25) is 0 Å². The summed E-state index contributed by atoms with van der Waals surface area (Å²) < 4.78 is 56.5. The van der Waals surface area contributed by atoms with Crippen molar-refractivity contribution in [2.75, 3.05) is 6.61 Å². The molecule has 1 nitrogen and oxygen atoms in total. The van der Waals surface area contributed by atoms with Crippen LogP contribution < -0.4 is 4.74 Å². The molecule has 1 aliphatic rings. The third-order valence-corrected chi connectivity index (χ3v) is 7.09. The smallest absolute Gasteiger partial charge is 0.422 e. The fourth-order valence-corrected chi connectivity index (χ4v) is 5.14. The van der Waals surface area contributed by atoms with E-state index in [9.17, 15) is 17.6 Å². The molecule has 0 saturated heterocycles. The van der Waals surface area contributed by atoms with Crippen LogP contribution in [0.2, 0.25) is 0 Å². The molecule has 3 aromatic rings. The summed E-state index contributed by atoms with van der Waals surface area (Å²) in [7, 11) is 0. The molecule has 0 bridgehead atoms. The Hall–Kier alpha value is -2.56. The normalized spacial score (nSPS) is 18.9. The molecule has 4 rings (SSSR count). The summed E-state index contributed by atoms with van der Waals surface area (Å²) in [6.07, 6.45) is 6.00. The van der Waals surface area contributed by atoms with Gasteiger partial charge in [0.15, 0.2) is 18.2 Å². The van der Waals surface area contributed by atoms with Crippen molar-refractivity contribution in [1.82, 2.24) is 0 Å². The number of benzene rings is 3. The fraction of sp³-hybridized carbons (Fsp3) is 0.448. The lowest BCUT2D eigenvalue weighted by molar-refractivity contribution is -0.153. The maximum atomic E-state index is 14.7. The first-order valence-corrected chi connectivity index (χ1v) is 12.4. The third-order valence-electron chi connectivity index (χ3n) is 7.09. The quantitative estimate of drug-likeness (QED) is 0.234. The maximum Gasteiger partial charge on any atom is 0.422 e. The van der Waals surface area contributed by atoms with Gasteiger partial charge in [0, 0.05) is 5.39 Å². The standard InChI is InChI=1S/C29H32F4O/c1-2-3-4-5-20-6-8-21(9-7-20)22-10-12-23(13-11-22)24-14-16-26-25(18-24)15-17-27(28(26)30)34-19-29(31,32)33/h10-18,20-21H,2-9,19H2,1H3. The van der Waals surface area contributed by atoms with E-state index in [4.69, 9.17) is 0 Å². The second kappa shape index (κ2) is 10.8. The number of unbranched alkanes of at least 4 members (excludes halogenated alkanes) is 2. The fourth-order valence-electron chi connectivity index (χ4n) is 5.14. The van der Waals surface area contributed by atoms with E-state index in [1.54, 1.807) is 18.2 Å². The molecule has 34 heavy (non-hydrogen) atoms. The maximum absolute atomic E-state index is 14.7. The Morgan fingerprint density at radius 1 is 0.853 bits per heavy atom. The highest BCUT2D eigenvalue weighted by Crippen LogP contribution is 2.38. The molecule has 0 radical (unpaired) electrons. The van der Waals surface area contributed by atoms with Crippen molar-refractivity contribution in [3.8, 4) is 16.9 Å².